The Balaban J connectivity index is 1.06. The van der Waals surface area contributed by atoms with E-state index in [-0.39, 0.29) is 56.7 Å². The van der Waals surface area contributed by atoms with Crippen LogP contribution in [0.2, 0.25) is 0 Å². The van der Waals surface area contributed by atoms with E-state index in [1.807, 2.05) is 0 Å². The van der Waals surface area contributed by atoms with Gasteiger partial charge in [-0.05, 0) is 139 Å². The van der Waals surface area contributed by atoms with Crippen LogP contribution in [0.4, 0.5) is 0 Å². The smallest absolute Gasteiger partial charge is 0.338 e. The van der Waals surface area contributed by atoms with Gasteiger partial charge in [0.15, 0.2) is 55.5 Å². The molecular formula is C99H100N2O37. The lowest BCUT2D eigenvalue weighted by Crippen LogP contribution is -2.72. The summed E-state index contributed by atoms with van der Waals surface area (Å²) >= 11 is 0. The second-order valence-corrected chi connectivity index (χ2v) is 33.3. The molecule has 13 rings (SSSR count). The number of fused-ring (bicyclic) bond motifs is 2. The van der Waals surface area contributed by atoms with Crippen LogP contribution in [-0.4, -0.2) is 267 Å². The van der Waals surface area contributed by atoms with Gasteiger partial charge in [0.05, 0.1) is 64.5 Å². The van der Waals surface area contributed by atoms with E-state index in [0.29, 0.717) is 37.8 Å². The van der Waals surface area contributed by atoms with Crippen molar-refractivity contribution in [1.29, 1.82) is 0 Å². The van der Waals surface area contributed by atoms with Crippen molar-refractivity contribution >= 4 is 101 Å². The maximum atomic E-state index is 16.2. The number of hydrogen-bond acceptors (Lipinski definition) is 37. The third kappa shape index (κ3) is 24.4. The van der Waals surface area contributed by atoms with Crippen molar-refractivity contribution in [3.05, 3.63) is 237 Å². The average molecular weight is 1910 g/mol. The summed E-state index contributed by atoms with van der Waals surface area (Å²) in [5.74, 6) is -18.1. The summed E-state index contributed by atoms with van der Waals surface area (Å²) in [5, 5.41) is 0. The van der Waals surface area contributed by atoms with Gasteiger partial charge >= 0.3 is 65.7 Å². The van der Waals surface area contributed by atoms with Crippen LogP contribution in [0.15, 0.2) is 170 Å². The number of methoxy groups -OCH3 is 1. The molecule has 20 atom stereocenters. The molecule has 7 aromatic carbocycles. The number of benzene rings is 7. The summed E-state index contributed by atoms with van der Waals surface area (Å²) in [4.78, 5) is 249. The van der Waals surface area contributed by atoms with Crippen LogP contribution in [0.3, 0.4) is 0 Å². The van der Waals surface area contributed by atoms with Crippen LogP contribution in [-0.2, 0) is 128 Å². The minimum absolute atomic E-state index is 0.0326. The average Bonchev–Trinajstić information content (AvgIpc) is 1.54. The number of imide groups is 2. The molecular weight excluding hydrogens is 1810 g/mol. The fourth-order valence-corrected chi connectivity index (χ4v) is 16.2. The number of ketones is 2. The molecule has 6 heterocycles. The molecule has 138 heavy (non-hydrogen) atoms. The van der Waals surface area contributed by atoms with Crippen molar-refractivity contribution in [2.24, 2.45) is 0 Å². The third-order valence-corrected chi connectivity index (χ3v) is 23.0. The van der Waals surface area contributed by atoms with E-state index in [9.17, 15) is 43.2 Å². The summed E-state index contributed by atoms with van der Waals surface area (Å²) in [5.41, 5.74) is 0.542. The van der Waals surface area contributed by atoms with Crippen molar-refractivity contribution in [2.75, 3.05) is 33.5 Å². The summed E-state index contributed by atoms with van der Waals surface area (Å²) in [6.07, 6.45) is -43.1. The molecule has 6 aliphatic rings. The lowest BCUT2D eigenvalue weighted by molar-refractivity contribution is -0.376. The van der Waals surface area contributed by atoms with Gasteiger partial charge in [0.2, 0.25) is 12.4 Å². The highest BCUT2D eigenvalue weighted by atomic mass is 16.8. The van der Waals surface area contributed by atoms with Gasteiger partial charge in [-0.25, -0.2) is 19.2 Å². The van der Waals surface area contributed by atoms with Crippen molar-refractivity contribution in [1.82, 2.24) is 9.80 Å². The fourth-order valence-electron chi connectivity index (χ4n) is 16.2. The van der Waals surface area contributed by atoms with Crippen molar-refractivity contribution in [3.8, 4) is 11.5 Å². The first kappa shape index (κ1) is 101. The van der Waals surface area contributed by atoms with Gasteiger partial charge in [0, 0.05) is 47.5 Å². The number of rotatable bonds is 36. The molecule has 0 radical (unpaired) electrons. The predicted molar refractivity (Wildman–Crippen MR) is 468 cm³/mol. The van der Waals surface area contributed by atoms with Gasteiger partial charge in [-0.15, -0.1) is 0 Å². The monoisotopic (exact) mass is 1910 g/mol. The second kappa shape index (κ2) is 45.1. The van der Waals surface area contributed by atoms with Gasteiger partial charge in [-0.3, -0.25) is 62.5 Å². The molecule has 4 amide bonds. The summed E-state index contributed by atoms with van der Waals surface area (Å²) in [6.45, 7) is 9.68. The lowest BCUT2D eigenvalue weighted by atomic mass is 9.92. The fraction of sp³-hybridized carbons (Fsp3) is 0.404. The maximum absolute atomic E-state index is 16.2. The number of esters is 11. The zero-order valence-electron chi connectivity index (χ0n) is 76.9. The van der Waals surface area contributed by atoms with Gasteiger partial charge in [0.25, 0.3) is 23.6 Å². The first-order valence-electron chi connectivity index (χ1n) is 43.9. The number of nitrogens with zero attached hydrogens (tertiary/aromatic N) is 2. The Morgan fingerprint density at radius 1 is 0.283 bits per heavy atom. The van der Waals surface area contributed by atoms with E-state index in [2.05, 4.69) is 0 Å². The molecule has 4 fully saturated rings. The first-order chi connectivity index (χ1) is 65.9. The van der Waals surface area contributed by atoms with E-state index in [4.69, 9.17) is 94.7 Å². The molecule has 0 aliphatic carbocycles. The largest absolute Gasteiger partial charge is 0.497 e. The molecule has 4 saturated heterocycles. The third-order valence-electron chi connectivity index (χ3n) is 23.0. The topological polar surface area (TPSA) is 481 Å². The Hall–Kier alpha value is -14.4. The van der Waals surface area contributed by atoms with Crippen molar-refractivity contribution in [2.45, 2.75) is 225 Å². The summed E-state index contributed by atoms with van der Waals surface area (Å²) < 4.78 is 129. The van der Waals surface area contributed by atoms with E-state index >= 15 is 38.4 Å². The highest BCUT2D eigenvalue weighted by Crippen LogP contribution is 2.45. The Bertz CT molecular complexity index is 5670. The SMILES string of the molecule is COc1ccc(O[C@@H]2O[C@H](COC(=O)CCC(C)=O)[C@@H](O[C@@H]3O[C@H](COC(C)=O)[C@@H](OC(C)=O)[C@H](O[C@@H]4O[C@H](COC(=O)CCC(C)=O)[C@@H](O[C@@H]5O[C@H](COC(C)=O)[C@@H](OC(C)=O)[C@H](OC(C)=O)[C@H]5N5C(=O)c6ccccc6C5=O)[C@H](OC(=O)c5ccc(C)cc5)[C@H]4OC(=O)c4ccc(C)cc4)[C@H]3N3C(=O)c4ccccc4C3=O)[C@H](OC(=O)c3ccc(C)cc3)[C@H]2OC(=O)c2ccc(C)cc2)cc1. The van der Waals surface area contributed by atoms with Crippen LogP contribution in [0.25, 0.3) is 0 Å². The molecule has 0 aromatic heterocycles. The molecule has 728 valence electrons. The van der Waals surface area contributed by atoms with E-state index < -0.39 is 269 Å². The molecule has 6 aliphatic heterocycles. The molecule has 0 spiro atoms. The summed E-state index contributed by atoms with van der Waals surface area (Å²) in [7, 11) is 1.39. The molecule has 0 saturated carbocycles. The van der Waals surface area contributed by atoms with Crippen molar-refractivity contribution < 1.29 is 176 Å². The van der Waals surface area contributed by atoms with E-state index in [0.717, 1.165) is 34.6 Å². The van der Waals surface area contributed by atoms with Gasteiger partial charge in [0.1, 0.15) is 104 Å². The van der Waals surface area contributed by atoms with E-state index in [1.54, 1.807) is 52.0 Å². The molecule has 0 bridgehead atoms. The quantitative estimate of drug-likeness (QED) is 0.0202. The second-order valence-electron chi connectivity index (χ2n) is 33.3. The number of hydrogen-bond donors (Lipinski definition) is 0. The Morgan fingerprint density at radius 2 is 0.565 bits per heavy atom. The van der Waals surface area contributed by atoms with Crippen LogP contribution in [0.1, 0.15) is 179 Å². The van der Waals surface area contributed by atoms with Crippen LogP contribution < -0.4 is 9.47 Å². The van der Waals surface area contributed by atoms with Gasteiger partial charge in [-0.2, -0.15) is 0 Å². The number of carbonyl (C=O) groups excluding carboxylic acids is 17. The highest BCUT2D eigenvalue weighted by Gasteiger charge is 2.65. The Kier molecular flexibility index (Phi) is 33.0. The molecule has 0 N–H and O–H groups in total. The van der Waals surface area contributed by atoms with Gasteiger partial charge < -0.3 is 104 Å². The lowest BCUT2D eigenvalue weighted by Gasteiger charge is -2.53. The number of Topliss-reactive ketones (excluding diaryl/α,β-unsaturated/α-hetero) is 2. The van der Waals surface area contributed by atoms with Gasteiger partial charge in [-0.1, -0.05) is 95.1 Å². The molecule has 0 unspecified atom stereocenters. The maximum Gasteiger partial charge on any atom is 0.338 e. The number of ether oxygens (including phenoxy) is 20. The number of aryl methyl sites for hydroxylation is 4. The predicted octanol–water partition coefficient (Wildman–Crippen LogP) is 8.34. The Morgan fingerprint density at radius 3 is 0.899 bits per heavy atom. The standard InChI is InChI=1S/C99H100N2O37/c1-49-21-31-60(32-22-49)92(115)132-84-80(72(47-122-74(109)43-29-53(5)102)130-98(127-65-41-39-64(119-12)40-42-65)86(84)134-94(117)62-35-25-51(3)26-36-62)137-97-77(101-90(113)68-19-15-16-20-69(68)91(101)114)83(79(125-58(10)107)71(129-97)46-121-56(8)105)138-99-87(135-95(118)63-37-27-52(4)28-38-63)85(133-93(116)61-33-23-50(2)24-34-61)81(73(131-99)48-123-75(110)44-30-54(6)103)136-96-76(100-88(111)66-17-13-14-18-67(66)89(100)112)82(126-59(11)108)78(124-57(9)106)70(128-96)45-120-55(7)104/h13-28,31-42,70-73,76-87,96-99H,29-30,43-48H2,1-12H3/t70-,71-,72-,73-,76-,77-,78-,79-,80-,81-,82-,83-,84+,85+,86-,87-,96+,97+,98-,99+/m1/s1. The number of amides is 4. The molecule has 39 nitrogen and oxygen atoms in total. The number of carbonyl (C=O) groups is 17. The minimum Gasteiger partial charge on any atom is -0.497 e. The first-order valence-corrected chi connectivity index (χ1v) is 43.9. The van der Waals surface area contributed by atoms with Crippen LogP contribution in [0, 0.1) is 27.7 Å². The summed E-state index contributed by atoms with van der Waals surface area (Å²) in [6, 6.07) is 34.8. The zero-order chi connectivity index (χ0) is 99.2. The molecule has 7 aromatic rings. The van der Waals surface area contributed by atoms with Crippen LogP contribution >= 0.6 is 0 Å². The highest BCUT2D eigenvalue weighted by molar-refractivity contribution is 6.22. The Labute approximate surface area is 789 Å². The van der Waals surface area contributed by atoms with Crippen LogP contribution in [0.5, 0.6) is 11.5 Å². The minimum atomic E-state index is -2.67. The van der Waals surface area contributed by atoms with Crippen molar-refractivity contribution in [3.63, 3.8) is 0 Å². The zero-order valence-corrected chi connectivity index (χ0v) is 76.9. The normalized spacial score (nSPS) is 25.3. The molecule has 39 heteroatoms. The van der Waals surface area contributed by atoms with E-state index in [1.165, 1.54) is 167 Å².